The molecule has 124 valence electrons. The van der Waals surface area contributed by atoms with E-state index in [0.29, 0.717) is 17.5 Å². The van der Waals surface area contributed by atoms with Gasteiger partial charge in [-0.05, 0) is 24.3 Å². The average molecular weight is 323 g/mol. The van der Waals surface area contributed by atoms with E-state index in [1.807, 2.05) is 38.2 Å². The molecule has 5 heteroatoms. The normalized spacial score (nSPS) is 12.1. The fourth-order valence-electron chi connectivity index (χ4n) is 2.52. The molecule has 0 radical (unpaired) electrons. The quantitative estimate of drug-likeness (QED) is 0.513. The van der Waals surface area contributed by atoms with Crippen molar-refractivity contribution in [3.8, 4) is 0 Å². The van der Waals surface area contributed by atoms with Crippen molar-refractivity contribution in [2.45, 2.75) is 39.5 Å². The highest BCUT2D eigenvalue weighted by molar-refractivity contribution is 6.05. The predicted molar refractivity (Wildman–Crippen MR) is 93.2 cm³/mol. The zero-order valence-corrected chi connectivity index (χ0v) is 14.4. The molecule has 3 heterocycles. The van der Waals surface area contributed by atoms with E-state index in [1.165, 1.54) is 12.3 Å². The Morgan fingerprint density at radius 3 is 2.62 bits per heavy atom. The maximum absolute atomic E-state index is 12.3. The average Bonchev–Trinajstić information content (AvgIpc) is 3.18. The van der Waals surface area contributed by atoms with Gasteiger partial charge in [0.2, 0.25) is 5.78 Å². The molecule has 24 heavy (non-hydrogen) atoms. The van der Waals surface area contributed by atoms with Crippen LogP contribution in [0, 0.1) is 0 Å². The van der Waals surface area contributed by atoms with Gasteiger partial charge in [-0.3, -0.25) is 4.79 Å². The van der Waals surface area contributed by atoms with E-state index in [9.17, 15) is 4.79 Å². The van der Waals surface area contributed by atoms with Gasteiger partial charge in [0.05, 0.1) is 11.2 Å². The van der Waals surface area contributed by atoms with Crippen molar-refractivity contribution in [3.05, 3.63) is 59.8 Å². The molecular formula is C19H21N3O2. The van der Waals surface area contributed by atoms with Crippen molar-refractivity contribution in [1.82, 2.24) is 14.4 Å². The van der Waals surface area contributed by atoms with Crippen molar-refractivity contribution < 1.29 is 9.21 Å². The highest BCUT2D eigenvalue weighted by Gasteiger charge is 2.14. The van der Waals surface area contributed by atoms with E-state index < -0.39 is 0 Å². The number of fused-ring (bicyclic) bond motifs is 1. The number of nitrogens with zero attached hydrogens (tertiary/aromatic N) is 3. The minimum atomic E-state index is -0.186. The van der Waals surface area contributed by atoms with Crippen molar-refractivity contribution >= 4 is 17.4 Å². The van der Waals surface area contributed by atoms with Gasteiger partial charge in [-0.2, -0.15) is 0 Å². The van der Waals surface area contributed by atoms with Crippen molar-refractivity contribution in [2.75, 3.05) is 0 Å². The van der Waals surface area contributed by atoms with E-state index in [4.69, 9.17) is 4.42 Å². The molecule has 0 aliphatic rings. The zero-order valence-electron chi connectivity index (χ0n) is 14.4. The van der Waals surface area contributed by atoms with Gasteiger partial charge in [0.25, 0.3) is 0 Å². The van der Waals surface area contributed by atoms with Crippen LogP contribution in [-0.4, -0.2) is 20.2 Å². The van der Waals surface area contributed by atoms with Crippen LogP contribution < -0.4 is 0 Å². The Morgan fingerprint density at radius 1 is 1.17 bits per heavy atom. The first kappa shape index (κ1) is 16.2. The van der Waals surface area contributed by atoms with Crippen LogP contribution in [0.4, 0.5) is 0 Å². The summed E-state index contributed by atoms with van der Waals surface area (Å²) in [6.45, 7) is 8.15. The molecule has 0 aliphatic heterocycles. The van der Waals surface area contributed by atoms with Crippen LogP contribution in [0.3, 0.4) is 0 Å². The molecule has 0 spiro atoms. The van der Waals surface area contributed by atoms with Crippen molar-refractivity contribution in [3.63, 3.8) is 0 Å². The van der Waals surface area contributed by atoms with Crippen LogP contribution in [0.2, 0.25) is 0 Å². The lowest BCUT2D eigenvalue weighted by atomic mass is 10.2. The Hall–Kier alpha value is -2.69. The molecular weight excluding hydrogens is 302 g/mol. The third-order valence-corrected chi connectivity index (χ3v) is 3.78. The van der Waals surface area contributed by atoms with Crippen LogP contribution in [0.5, 0.6) is 0 Å². The molecule has 3 rings (SSSR count). The summed E-state index contributed by atoms with van der Waals surface area (Å²) in [4.78, 5) is 21.2. The van der Waals surface area contributed by atoms with Gasteiger partial charge >= 0.3 is 0 Å². The maximum atomic E-state index is 12.3. The van der Waals surface area contributed by atoms with Crippen LogP contribution in [0.15, 0.2) is 41.2 Å². The molecule has 0 N–H and O–H groups in total. The highest BCUT2D eigenvalue weighted by atomic mass is 16.3. The van der Waals surface area contributed by atoms with E-state index in [1.54, 1.807) is 6.08 Å². The lowest BCUT2D eigenvalue weighted by Crippen LogP contribution is -1.96. The van der Waals surface area contributed by atoms with Crippen LogP contribution >= 0.6 is 0 Å². The summed E-state index contributed by atoms with van der Waals surface area (Å²) in [5, 5.41) is 0. The molecule has 0 unspecified atom stereocenters. The first-order chi connectivity index (χ1) is 11.5. The highest BCUT2D eigenvalue weighted by Crippen LogP contribution is 2.21. The molecule has 0 aromatic carbocycles. The second-order valence-corrected chi connectivity index (χ2v) is 6.39. The second-order valence-electron chi connectivity index (χ2n) is 6.39. The SMILES string of the molecule is CC(C)c1nc(C(=O)C=Cc2nc(C(C)C)n3ccccc23)co1. The number of carbonyl (C=O) groups is 1. The lowest BCUT2D eigenvalue weighted by Gasteiger charge is -2.02. The van der Waals surface area contributed by atoms with Crippen LogP contribution in [0.1, 0.15) is 67.4 Å². The van der Waals surface area contributed by atoms with Gasteiger partial charge in [0.15, 0.2) is 5.89 Å². The van der Waals surface area contributed by atoms with E-state index >= 15 is 0 Å². The summed E-state index contributed by atoms with van der Waals surface area (Å²) >= 11 is 0. The van der Waals surface area contributed by atoms with E-state index in [-0.39, 0.29) is 11.7 Å². The van der Waals surface area contributed by atoms with Gasteiger partial charge in [-0.25, -0.2) is 9.97 Å². The first-order valence-corrected chi connectivity index (χ1v) is 8.12. The molecule has 3 aromatic rings. The van der Waals surface area contributed by atoms with Gasteiger partial charge in [-0.15, -0.1) is 0 Å². The van der Waals surface area contributed by atoms with Gasteiger partial charge < -0.3 is 8.82 Å². The molecule has 0 saturated heterocycles. The minimum Gasteiger partial charge on any atom is -0.448 e. The number of hydrogen-bond donors (Lipinski definition) is 0. The fraction of sp³-hybridized carbons (Fsp3) is 0.316. The molecule has 0 saturated carbocycles. The molecule has 0 aliphatic carbocycles. The third kappa shape index (κ3) is 3.02. The Morgan fingerprint density at radius 2 is 1.96 bits per heavy atom. The van der Waals surface area contributed by atoms with E-state index in [0.717, 1.165) is 17.0 Å². The lowest BCUT2D eigenvalue weighted by molar-refractivity contribution is 0.104. The monoisotopic (exact) mass is 323 g/mol. The topological polar surface area (TPSA) is 60.4 Å². The number of hydrogen-bond acceptors (Lipinski definition) is 4. The molecule has 0 atom stereocenters. The maximum Gasteiger partial charge on any atom is 0.207 e. The number of imidazole rings is 1. The van der Waals surface area contributed by atoms with Crippen molar-refractivity contribution in [1.29, 1.82) is 0 Å². The fourth-order valence-corrected chi connectivity index (χ4v) is 2.52. The Kier molecular flexibility index (Phi) is 4.34. The Bertz CT molecular complexity index is 900. The number of ketones is 1. The van der Waals surface area contributed by atoms with Crippen molar-refractivity contribution in [2.24, 2.45) is 0 Å². The van der Waals surface area contributed by atoms with Crippen LogP contribution in [-0.2, 0) is 0 Å². The summed E-state index contributed by atoms with van der Waals surface area (Å²) < 4.78 is 7.38. The van der Waals surface area contributed by atoms with Crippen LogP contribution in [0.25, 0.3) is 11.6 Å². The summed E-state index contributed by atoms with van der Waals surface area (Å²) in [5.74, 6) is 1.81. The number of rotatable bonds is 5. The minimum absolute atomic E-state index is 0.154. The standard InChI is InChI=1S/C19H21N3O2/c1-12(2)18-20-14(16-7-5-6-10-22(16)18)8-9-17(23)15-11-24-19(21-15)13(3)4/h5-13H,1-4H3. The molecule has 0 fully saturated rings. The summed E-state index contributed by atoms with van der Waals surface area (Å²) in [7, 11) is 0. The number of allylic oxidation sites excluding steroid dienone is 1. The summed E-state index contributed by atoms with van der Waals surface area (Å²) in [6, 6.07) is 5.94. The molecule has 0 bridgehead atoms. The van der Waals surface area contributed by atoms with Gasteiger partial charge in [0, 0.05) is 18.0 Å². The predicted octanol–water partition coefficient (Wildman–Crippen LogP) is 4.47. The first-order valence-electron chi connectivity index (χ1n) is 8.12. The van der Waals surface area contributed by atoms with Gasteiger partial charge in [0.1, 0.15) is 17.8 Å². The number of oxazole rings is 1. The zero-order chi connectivity index (χ0) is 17.3. The third-order valence-electron chi connectivity index (χ3n) is 3.78. The summed E-state index contributed by atoms with van der Waals surface area (Å²) in [5.41, 5.74) is 2.08. The number of aromatic nitrogens is 3. The summed E-state index contributed by atoms with van der Waals surface area (Å²) in [6.07, 6.45) is 6.64. The smallest absolute Gasteiger partial charge is 0.207 e. The number of carbonyl (C=O) groups excluding carboxylic acids is 1. The Balaban J connectivity index is 1.91. The molecule has 3 aromatic heterocycles. The van der Waals surface area contributed by atoms with Gasteiger partial charge in [-0.1, -0.05) is 33.8 Å². The van der Waals surface area contributed by atoms with E-state index in [2.05, 4.69) is 28.2 Å². The Labute approximate surface area is 141 Å². The largest absolute Gasteiger partial charge is 0.448 e. The molecule has 5 nitrogen and oxygen atoms in total. The second kappa shape index (κ2) is 6.43. The molecule has 0 amide bonds. The number of pyridine rings is 1.